The molecule has 0 aliphatic heterocycles. The molecular formula is C5H8Cl2N2S. The van der Waals surface area contributed by atoms with Crippen LogP contribution in [0.15, 0.2) is 17.5 Å². The molecule has 0 bridgehead atoms. The summed E-state index contributed by atoms with van der Waals surface area (Å²) in [5.41, 5.74) is 5.15. The highest BCUT2D eigenvalue weighted by Gasteiger charge is 1.92. The molecule has 58 valence electrons. The lowest BCUT2D eigenvalue weighted by molar-refractivity contribution is 1.45. The van der Waals surface area contributed by atoms with Crippen LogP contribution in [0.2, 0.25) is 0 Å². The number of nitrogens with one attached hydrogen (secondary N) is 1. The summed E-state index contributed by atoms with van der Waals surface area (Å²) in [5.74, 6) is 0.153. The smallest absolute Gasteiger partial charge is 0.133 e. The molecule has 0 unspecified atom stereocenters. The van der Waals surface area contributed by atoms with Crippen LogP contribution < -0.4 is 5.73 Å². The lowest BCUT2D eigenvalue weighted by Crippen LogP contribution is -2.08. The molecule has 0 aliphatic carbocycles. The van der Waals surface area contributed by atoms with Crippen LogP contribution in [-0.2, 0) is 0 Å². The molecule has 1 heterocycles. The van der Waals surface area contributed by atoms with E-state index in [0.717, 1.165) is 4.88 Å². The molecule has 5 heteroatoms. The number of thiophene rings is 1. The van der Waals surface area contributed by atoms with Crippen LogP contribution in [0.25, 0.3) is 0 Å². The van der Waals surface area contributed by atoms with Gasteiger partial charge in [-0.2, -0.15) is 0 Å². The number of halogens is 2. The Morgan fingerprint density at radius 1 is 1.50 bits per heavy atom. The van der Waals surface area contributed by atoms with E-state index in [4.69, 9.17) is 11.1 Å². The fraction of sp³-hybridized carbons (Fsp3) is 0. The van der Waals surface area contributed by atoms with E-state index in [9.17, 15) is 0 Å². The van der Waals surface area contributed by atoms with Gasteiger partial charge in [0.05, 0.1) is 4.88 Å². The average Bonchev–Trinajstić information content (AvgIpc) is 2.12. The molecule has 1 rings (SSSR count). The summed E-state index contributed by atoms with van der Waals surface area (Å²) in [6.45, 7) is 0. The largest absolute Gasteiger partial charge is 0.383 e. The maximum atomic E-state index is 6.94. The van der Waals surface area contributed by atoms with Crippen LogP contribution in [0.1, 0.15) is 4.88 Å². The molecule has 0 radical (unpaired) electrons. The molecule has 3 N–H and O–H groups in total. The van der Waals surface area contributed by atoms with E-state index in [1.54, 1.807) is 0 Å². The highest BCUT2D eigenvalue weighted by molar-refractivity contribution is 7.12. The fourth-order valence-corrected chi connectivity index (χ4v) is 1.02. The van der Waals surface area contributed by atoms with Crippen molar-refractivity contribution in [3.8, 4) is 0 Å². The van der Waals surface area contributed by atoms with Crippen molar-refractivity contribution < 1.29 is 0 Å². The van der Waals surface area contributed by atoms with Gasteiger partial charge in [0.15, 0.2) is 0 Å². The molecule has 0 spiro atoms. The average molecular weight is 199 g/mol. The summed E-state index contributed by atoms with van der Waals surface area (Å²) in [7, 11) is 0. The van der Waals surface area contributed by atoms with Crippen molar-refractivity contribution in [2.24, 2.45) is 5.73 Å². The van der Waals surface area contributed by atoms with E-state index in [1.165, 1.54) is 11.3 Å². The molecule has 0 saturated heterocycles. The number of hydrogen-bond donors (Lipinski definition) is 2. The highest BCUT2D eigenvalue weighted by atomic mass is 35.5. The van der Waals surface area contributed by atoms with Gasteiger partial charge in [0.25, 0.3) is 0 Å². The Hall–Kier alpha value is -0.250. The molecule has 0 aromatic carbocycles. The second-order valence-corrected chi connectivity index (χ2v) is 2.34. The first kappa shape index (κ1) is 12.4. The molecule has 2 nitrogen and oxygen atoms in total. The van der Waals surface area contributed by atoms with E-state index in [1.807, 2.05) is 17.5 Å². The van der Waals surface area contributed by atoms with E-state index in [2.05, 4.69) is 0 Å². The Balaban J connectivity index is 0. The van der Waals surface area contributed by atoms with Crippen molar-refractivity contribution in [2.75, 3.05) is 0 Å². The topological polar surface area (TPSA) is 49.9 Å². The molecular weight excluding hydrogens is 191 g/mol. The van der Waals surface area contributed by atoms with Gasteiger partial charge in [0.2, 0.25) is 0 Å². The molecule has 1 aromatic heterocycles. The Kier molecular flexibility index (Phi) is 6.87. The van der Waals surface area contributed by atoms with Gasteiger partial charge >= 0.3 is 0 Å². The third kappa shape index (κ3) is 3.06. The van der Waals surface area contributed by atoms with Crippen molar-refractivity contribution >= 4 is 42.0 Å². The van der Waals surface area contributed by atoms with Crippen molar-refractivity contribution in [1.29, 1.82) is 5.41 Å². The first-order valence-electron chi connectivity index (χ1n) is 2.18. The van der Waals surface area contributed by atoms with E-state index >= 15 is 0 Å². The molecule has 0 saturated carbocycles. The maximum absolute atomic E-state index is 6.94. The number of nitrogen functional groups attached to an aromatic ring is 1. The molecule has 1 aromatic rings. The van der Waals surface area contributed by atoms with Gasteiger partial charge in [-0.15, -0.1) is 36.2 Å². The zero-order valence-electron chi connectivity index (χ0n) is 5.03. The predicted octanol–water partition coefficient (Wildman–Crippen LogP) is 1.88. The van der Waals surface area contributed by atoms with Gasteiger partial charge in [-0.05, 0) is 11.4 Å². The molecule has 0 fully saturated rings. The Labute approximate surface area is 75.8 Å². The van der Waals surface area contributed by atoms with Crippen LogP contribution in [0.4, 0.5) is 0 Å². The standard InChI is InChI=1S/C5H6N2S.2ClH/c6-5(7)4-2-1-3-8-4;;/h1-3H,(H3,6,7);2*1H. The zero-order valence-corrected chi connectivity index (χ0v) is 7.48. The monoisotopic (exact) mass is 198 g/mol. The number of amidine groups is 1. The van der Waals surface area contributed by atoms with E-state index < -0.39 is 0 Å². The van der Waals surface area contributed by atoms with Crippen molar-refractivity contribution in [3.63, 3.8) is 0 Å². The molecule has 0 atom stereocenters. The Morgan fingerprint density at radius 3 is 2.30 bits per heavy atom. The minimum absolute atomic E-state index is 0. The van der Waals surface area contributed by atoms with Crippen molar-refractivity contribution in [1.82, 2.24) is 0 Å². The lowest BCUT2D eigenvalue weighted by Gasteiger charge is -1.84. The SMILES string of the molecule is Cl.Cl.N=C(N)c1cccs1. The maximum Gasteiger partial charge on any atom is 0.133 e. The lowest BCUT2D eigenvalue weighted by atomic mass is 10.4. The van der Waals surface area contributed by atoms with Gasteiger partial charge in [-0.3, -0.25) is 5.41 Å². The van der Waals surface area contributed by atoms with Gasteiger partial charge in [-0.1, -0.05) is 6.07 Å². The first-order valence-corrected chi connectivity index (χ1v) is 3.06. The number of nitrogens with two attached hydrogens (primary N) is 1. The summed E-state index contributed by atoms with van der Waals surface area (Å²) in [6, 6.07) is 3.70. The first-order chi connectivity index (χ1) is 3.80. The third-order valence-electron chi connectivity index (χ3n) is 0.787. The second kappa shape index (κ2) is 5.53. The van der Waals surface area contributed by atoms with E-state index in [-0.39, 0.29) is 30.6 Å². The van der Waals surface area contributed by atoms with Crippen molar-refractivity contribution in [3.05, 3.63) is 22.4 Å². The molecule has 0 amide bonds. The fourth-order valence-electron chi connectivity index (χ4n) is 0.432. The summed E-state index contributed by atoms with van der Waals surface area (Å²) in [6.07, 6.45) is 0. The van der Waals surface area contributed by atoms with Crippen LogP contribution >= 0.6 is 36.2 Å². The van der Waals surface area contributed by atoms with E-state index in [0.29, 0.717) is 0 Å². The summed E-state index contributed by atoms with van der Waals surface area (Å²) in [5, 5.41) is 8.84. The van der Waals surface area contributed by atoms with Gasteiger partial charge in [0.1, 0.15) is 5.84 Å². The number of rotatable bonds is 1. The Bertz CT molecular complexity index is 186. The van der Waals surface area contributed by atoms with Crippen LogP contribution in [-0.4, -0.2) is 5.84 Å². The minimum atomic E-state index is 0. The van der Waals surface area contributed by atoms with Gasteiger partial charge in [-0.25, -0.2) is 0 Å². The van der Waals surface area contributed by atoms with Crippen LogP contribution in [0, 0.1) is 5.41 Å². The normalized spacial score (nSPS) is 7.20. The minimum Gasteiger partial charge on any atom is -0.383 e. The predicted molar refractivity (Wildman–Crippen MR) is 49.8 cm³/mol. The molecule has 0 aliphatic rings. The summed E-state index contributed by atoms with van der Waals surface area (Å²) < 4.78 is 0. The zero-order chi connectivity index (χ0) is 5.98. The summed E-state index contributed by atoms with van der Waals surface area (Å²) in [4.78, 5) is 0.838. The van der Waals surface area contributed by atoms with Crippen LogP contribution in [0.3, 0.4) is 0 Å². The van der Waals surface area contributed by atoms with Crippen molar-refractivity contribution in [2.45, 2.75) is 0 Å². The molecule has 10 heavy (non-hydrogen) atoms. The second-order valence-electron chi connectivity index (χ2n) is 1.39. The van der Waals surface area contributed by atoms with Crippen LogP contribution in [0.5, 0.6) is 0 Å². The Morgan fingerprint density at radius 2 is 2.10 bits per heavy atom. The quantitative estimate of drug-likeness (QED) is 0.526. The van der Waals surface area contributed by atoms with Gasteiger partial charge in [0, 0.05) is 0 Å². The summed E-state index contributed by atoms with van der Waals surface area (Å²) >= 11 is 1.48. The van der Waals surface area contributed by atoms with Gasteiger partial charge < -0.3 is 5.73 Å². The number of hydrogen-bond acceptors (Lipinski definition) is 2. The third-order valence-corrected chi connectivity index (χ3v) is 1.69. The highest BCUT2D eigenvalue weighted by Crippen LogP contribution is 2.05.